The molecule has 5 rings (SSSR count). The van der Waals surface area contributed by atoms with Crippen LogP contribution >= 0.6 is 0 Å². The molecule has 0 bridgehead atoms. The normalized spacial score (nSPS) is 29.7. The van der Waals surface area contributed by atoms with Crippen LogP contribution in [0.1, 0.15) is 13.8 Å². The number of benzene rings is 2. The minimum absolute atomic E-state index is 0.0769. The maximum Gasteiger partial charge on any atom is 0.417 e. The highest BCUT2D eigenvalue weighted by Crippen LogP contribution is 2.40. The predicted octanol–water partition coefficient (Wildman–Crippen LogP) is 3.25. The van der Waals surface area contributed by atoms with Crippen LogP contribution < -0.4 is 9.64 Å². The van der Waals surface area contributed by atoms with E-state index in [2.05, 4.69) is 0 Å². The van der Waals surface area contributed by atoms with Gasteiger partial charge in [0, 0.05) is 6.07 Å². The Hall–Kier alpha value is -2.94. The summed E-state index contributed by atoms with van der Waals surface area (Å²) < 4.78 is 28.4. The van der Waals surface area contributed by atoms with Crippen molar-refractivity contribution in [2.75, 3.05) is 18.1 Å². The molecule has 3 saturated heterocycles. The number of nitrogens with zero attached hydrogens (tertiary/aromatic N) is 1. The zero-order chi connectivity index (χ0) is 20.9. The highest BCUT2D eigenvalue weighted by Gasteiger charge is 2.63. The molecule has 0 unspecified atom stereocenters. The number of hydrogen-bond donors (Lipinski definition) is 0. The number of carbonyl (C=O) groups is 2. The number of rotatable bonds is 3. The third-order valence-corrected chi connectivity index (χ3v) is 5.25. The Kier molecular flexibility index (Phi) is 4.32. The van der Waals surface area contributed by atoms with Gasteiger partial charge in [-0.2, -0.15) is 0 Å². The van der Waals surface area contributed by atoms with Crippen LogP contribution in [0, 0.1) is 0 Å². The van der Waals surface area contributed by atoms with Gasteiger partial charge in [-0.1, -0.05) is 24.3 Å². The highest BCUT2D eigenvalue weighted by atomic mass is 16.8. The van der Waals surface area contributed by atoms with E-state index in [0.717, 1.165) is 0 Å². The van der Waals surface area contributed by atoms with Gasteiger partial charge >= 0.3 is 6.09 Å². The second-order valence-electron chi connectivity index (χ2n) is 7.89. The fourth-order valence-electron chi connectivity index (χ4n) is 3.92. The summed E-state index contributed by atoms with van der Waals surface area (Å²) in [6.07, 6.45) is -2.03. The van der Waals surface area contributed by atoms with Gasteiger partial charge < -0.3 is 23.7 Å². The van der Waals surface area contributed by atoms with E-state index >= 15 is 0 Å². The van der Waals surface area contributed by atoms with Gasteiger partial charge in [0.05, 0.1) is 12.3 Å². The second-order valence-corrected chi connectivity index (χ2v) is 7.89. The zero-order valence-electron chi connectivity index (χ0n) is 16.6. The molecule has 8 heteroatoms. The molecule has 0 aliphatic carbocycles. The average molecular weight is 411 g/mol. The van der Waals surface area contributed by atoms with E-state index in [9.17, 15) is 9.59 Å². The van der Waals surface area contributed by atoms with E-state index in [1.165, 1.54) is 4.90 Å². The number of ketones is 1. The first-order valence-corrected chi connectivity index (χ1v) is 9.73. The number of hydrogen-bond acceptors (Lipinski definition) is 7. The van der Waals surface area contributed by atoms with E-state index in [1.54, 1.807) is 38.1 Å². The smallest absolute Gasteiger partial charge is 0.417 e. The fraction of sp³-hybridized carbons (Fsp3) is 0.364. The van der Waals surface area contributed by atoms with Crippen LogP contribution in [-0.2, 0) is 23.7 Å². The summed E-state index contributed by atoms with van der Waals surface area (Å²) in [6.45, 7) is 3.48. The van der Waals surface area contributed by atoms with Crippen molar-refractivity contribution in [3.63, 3.8) is 0 Å². The lowest BCUT2D eigenvalue weighted by Crippen LogP contribution is -2.59. The molecule has 3 fully saturated rings. The Bertz CT molecular complexity index is 992. The topological polar surface area (TPSA) is 83.5 Å². The molecule has 1 amide bonds. The van der Waals surface area contributed by atoms with Crippen LogP contribution in [0.2, 0.25) is 0 Å². The number of ether oxygens (including phenoxy) is 5. The quantitative estimate of drug-likeness (QED) is 0.767. The number of amides is 1. The molecule has 3 atom stereocenters. The first kappa shape index (κ1) is 19.0. The summed E-state index contributed by atoms with van der Waals surface area (Å²) >= 11 is 0. The van der Waals surface area contributed by atoms with Crippen molar-refractivity contribution >= 4 is 17.6 Å². The number of para-hydroxylation sites is 1. The van der Waals surface area contributed by atoms with Crippen LogP contribution in [-0.4, -0.2) is 48.8 Å². The molecule has 2 aromatic rings. The number of carbonyl (C=O) groups excluding carboxylic acids is 2. The Morgan fingerprint density at radius 2 is 1.77 bits per heavy atom. The van der Waals surface area contributed by atoms with Gasteiger partial charge in [-0.25, -0.2) is 4.79 Å². The van der Waals surface area contributed by atoms with Crippen molar-refractivity contribution in [3.05, 3.63) is 54.6 Å². The Balaban J connectivity index is 1.37. The molecule has 8 nitrogen and oxygen atoms in total. The first-order chi connectivity index (χ1) is 14.4. The summed E-state index contributed by atoms with van der Waals surface area (Å²) in [4.78, 5) is 27.1. The fourth-order valence-corrected chi connectivity index (χ4v) is 3.92. The van der Waals surface area contributed by atoms with Crippen molar-refractivity contribution in [3.8, 4) is 11.5 Å². The van der Waals surface area contributed by atoms with E-state index in [0.29, 0.717) is 17.2 Å². The van der Waals surface area contributed by atoms with Gasteiger partial charge in [0.15, 0.2) is 11.9 Å². The maximum atomic E-state index is 13.1. The van der Waals surface area contributed by atoms with Gasteiger partial charge in [0.2, 0.25) is 5.78 Å². The van der Waals surface area contributed by atoms with Crippen LogP contribution in [0.25, 0.3) is 0 Å². The molecule has 156 valence electrons. The summed E-state index contributed by atoms with van der Waals surface area (Å²) in [7, 11) is 0. The third kappa shape index (κ3) is 3.23. The van der Waals surface area contributed by atoms with Gasteiger partial charge in [-0.3, -0.25) is 9.69 Å². The standard InChI is InChI=1S/C22H21NO7/c1-21(2)28-17-12-26-22(19(24)18(17)29-21)13-23(20(25)30-22)14-7-6-10-16(11-14)27-15-8-4-3-5-9-15/h3-11,17-18H,12-13H2,1-2H3/t17-,18-,22+/m1/s1. The lowest BCUT2D eigenvalue weighted by Gasteiger charge is -2.34. The van der Waals surface area contributed by atoms with Gasteiger partial charge in [-0.15, -0.1) is 0 Å². The van der Waals surface area contributed by atoms with E-state index in [-0.39, 0.29) is 13.2 Å². The molecule has 3 aliphatic rings. The molecule has 1 spiro atoms. The number of Topliss-reactive ketones (excluding diaryl/α,β-unsaturated/α-hetero) is 1. The van der Waals surface area contributed by atoms with E-state index < -0.39 is 35.7 Å². The van der Waals surface area contributed by atoms with Crippen molar-refractivity contribution in [1.82, 2.24) is 0 Å². The second kappa shape index (κ2) is 6.80. The molecule has 0 aromatic heterocycles. The maximum absolute atomic E-state index is 13.1. The van der Waals surface area contributed by atoms with Gasteiger partial charge in [0.25, 0.3) is 5.79 Å². The van der Waals surface area contributed by atoms with Crippen molar-refractivity contribution in [2.24, 2.45) is 0 Å². The SMILES string of the molecule is CC1(C)O[C@@H]2CO[C@]3(CN(c4cccc(Oc5ccccc5)c4)C(=O)O3)C(=O)[C@@H]2O1. The molecular weight excluding hydrogens is 390 g/mol. The van der Waals surface area contributed by atoms with Crippen molar-refractivity contribution in [2.45, 2.75) is 37.6 Å². The molecule has 0 N–H and O–H groups in total. The van der Waals surface area contributed by atoms with Gasteiger partial charge in [0.1, 0.15) is 24.1 Å². The third-order valence-electron chi connectivity index (χ3n) is 5.25. The van der Waals surface area contributed by atoms with E-state index in [1.807, 2.05) is 30.3 Å². The summed E-state index contributed by atoms with van der Waals surface area (Å²) in [5, 5.41) is 0. The number of fused-ring (bicyclic) bond motifs is 1. The first-order valence-electron chi connectivity index (χ1n) is 9.73. The molecule has 0 saturated carbocycles. The summed E-state index contributed by atoms with van der Waals surface area (Å²) in [6, 6.07) is 16.3. The van der Waals surface area contributed by atoms with Crippen molar-refractivity contribution < 1.29 is 33.3 Å². The summed E-state index contributed by atoms with van der Waals surface area (Å²) in [5.74, 6) is -1.83. The van der Waals surface area contributed by atoms with Crippen LogP contribution in [0.15, 0.2) is 54.6 Å². The lowest BCUT2D eigenvalue weighted by molar-refractivity contribution is -0.218. The Morgan fingerprint density at radius 3 is 2.57 bits per heavy atom. The van der Waals surface area contributed by atoms with Crippen molar-refractivity contribution in [1.29, 1.82) is 0 Å². The Labute approximate surface area is 173 Å². The average Bonchev–Trinajstić information content (AvgIpc) is 3.23. The minimum Gasteiger partial charge on any atom is -0.457 e. The predicted molar refractivity (Wildman–Crippen MR) is 104 cm³/mol. The monoisotopic (exact) mass is 411 g/mol. The number of anilines is 1. The van der Waals surface area contributed by atoms with Crippen LogP contribution in [0.4, 0.5) is 10.5 Å². The molecule has 3 aliphatic heterocycles. The van der Waals surface area contributed by atoms with E-state index in [4.69, 9.17) is 23.7 Å². The molecule has 0 radical (unpaired) electrons. The highest BCUT2D eigenvalue weighted by molar-refractivity contribution is 6.00. The van der Waals surface area contributed by atoms with Crippen LogP contribution in [0.3, 0.4) is 0 Å². The molecule has 30 heavy (non-hydrogen) atoms. The van der Waals surface area contributed by atoms with Gasteiger partial charge in [-0.05, 0) is 38.1 Å². The largest absolute Gasteiger partial charge is 0.457 e. The lowest BCUT2D eigenvalue weighted by atomic mass is 9.99. The summed E-state index contributed by atoms with van der Waals surface area (Å²) in [5.41, 5.74) is 0.535. The molecular formula is C22H21NO7. The molecule has 2 aromatic carbocycles. The minimum atomic E-state index is -1.71. The Morgan fingerprint density at radius 1 is 1.00 bits per heavy atom. The van der Waals surface area contributed by atoms with Crippen LogP contribution in [0.5, 0.6) is 11.5 Å². The molecule has 3 heterocycles. The zero-order valence-corrected chi connectivity index (χ0v) is 16.6.